The first-order chi connectivity index (χ1) is 10.2. The third-order valence-electron chi connectivity index (χ3n) is 2.46. The van der Waals surface area contributed by atoms with Crippen LogP contribution in [0.3, 0.4) is 0 Å². The number of esters is 1. The molecule has 0 bridgehead atoms. The molecule has 21 heavy (non-hydrogen) atoms. The molecule has 2 N–H and O–H groups in total. The quantitative estimate of drug-likeness (QED) is 0.372. The summed E-state index contributed by atoms with van der Waals surface area (Å²) in [5.74, 6) is -1.49. The third-order valence-corrected chi connectivity index (χ3v) is 2.46. The maximum atomic E-state index is 11.5. The fraction of sp³-hybridized carbons (Fsp3) is 0.429. The minimum atomic E-state index is -0.796. The third kappa shape index (κ3) is 7.40. The first kappa shape index (κ1) is 17.1. The Morgan fingerprint density at radius 3 is 2.19 bits per heavy atom. The molecule has 0 atom stereocenters. The molecular formula is C14H19NO6. The van der Waals surface area contributed by atoms with Crippen LogP contribution in [0, 0.1) is 0 Å². The van der Waals surface area contributed by atoms with Crippen molar-refractivity contribution in [2.45, 2.75) is 13.0 Å². The predicted molar refractivity (Wildman–Crippen MR) is 72.7 cm³/mol. The molecule has 116 valence electrons. The molecule has 0 aliphatic rings. The Labute approximate surface area is 122 Å². The summed E-state index contributed by atoms with van der Waals surface area (Å²) in [6.07, 6.45) is -0.528. The second-order valence-electron chi connectivity index (χ2n) is 4.16. The van der Waals surface area contributed by atoms with Crippen molar-refractivity contribution < 1.29 is 29.4 Å². The van der Waals surface area contributed by atoms with Gasteiger partial charge in [-0.3, -0.25) is 4.79 Å². The standard InChI is InChI=1S/C14H19NO6/c16-8-6-15(7-9-17)21-14(19)10-13(18)20-11-12-4-2-1-3-5-12/h1-5,16-17H,6-11H2. The zero-order valence-electron chi connectivity index (χ0n) is 11.6. The summed E-state index contributed by atoms with van der Waals surface area (Å²) < 4.78 is 4.94. The lowest BCUT2D eigenvalue weighted by Gasteiger charge is -2.18. The smallest absolute Gasteiger partial charge is 0.336 e. The van der Waals surface area contributed by atoms with Crippen LogP contribution in [0.5, 0.6) is 0 Å². The molecule has 0 aromatic heterocycles. The zero-order valence-corrected chi connectivity index (χ0v) is 11.6. The number of nitrogens with zero attached hydrogens (tertiary/aromatic N) is 1. The molecule has 0 saturated carbocycles. The summed E-state index contributed by atoms with van der Waals surface area (Å²) in [6, 6.07) is 9.09. The van der Waals surface area contributed by atoms with Gasteiger partial charge in [0.15, 0.2) is 0 Å². The van der Waals surface area contributed by atoms with Gasteiger partial charge in [-0.2, -0.15) is 0 Å². The van der Waals surface area contributed by atoms with Crippen LogP contribution >= 0.6 is 0 Å². The van der Waals surface area contributed by atoms with Gasteiger partial charge in [-0.15, -0.1) is 5.06 Å². The molecule has 0 spiro atoms. The van der Waals surface area contributed by atoms with Gasteiger partial charge in [-0.05, 0) is 5.56 Å². The molecule has 7 heteroatoms. The van der Waals surface area contributed by atoms with Crippen LogP contribution in [0.15, 0.2) is 30.3 Å². The molecule has 7 nitrogen and oxygen atoms in total. The van der Waals surface area contributed by atoms with E-state index in [0.29, 0.717) is 0 Å². The number of rotatable bonds is 9. The van der Waals surface area contributed by atoms with Crippen LogP contribution in [0.2, 0.25) is 0 Å². The Hall–Kier alpha value is -1.96. The highest BCUT2D eigenvalue weighted by Crippen LogP contribution is 2.02. The number of carbonyl (C=O) groups excluding carboxylic acids is 2. The summed E-state index contributed by atoms with van der Waals surface area (Å²) in [6.45, 7) is -0.252. The Balaban J connectivity index is 2.31. The highest BCUT2D eigenvalue weighted by Gasteiger charge is 2.16. The first-order valence-corrected chi connectivity index (χ1v) is 6.52. The lowest BCUT2D eigenvalue weighted by Crippen LogP contribution is -2.33. The van der Waals surface area contributed by atoms with Gasteiger partial charge >= 0.3 is 11.9 Å². The Kier molecular flexibility index (Phi) is 8.03. The van der Waals surface area contributed by atoms with Crippen LogP contribution in [0.4, 0.5) is 0 Å². The Bertz CT molecular complexity index is 430. The monoisotopic (exact) mass is 297 g/mol. The number of benzene rings is 1. The molecule has 0 unspecified atom stereocenters. The molecule has 0 heterocycles. The molecule has 0 radical (unpaired) electrons. The number of ether oxygens (including phenoxy) is 1. The summed E-state index contributed by atoms with van der Waals surface area (Å²) >= 11 is 0. The largest absolute Gasteiger partial charge is 0.460 e. The molecule has 1 aromatic carbocycles. The van der Waals surface area contributed by atoms with Crippen molar-refractivity contribution >= 4 is 11.9 Å². The average Bonchev–Trinajstić information content (AvgIpc) is 2.46. The van der Waals surface area contributed by atoms with Crippen LogP contribution < -0.4 is 0 Å². The van der Waals surface area contributed by atoms with Crippen molar-refractivity contribution in [2.24, 2.45) is 0 Å². The van der Waals surface area contributed by atoms with Gasteiger partial charge in [0.1, 0.15) is 13.0 Å². The van der Waals surface area contributed by atoms with Crippen LogP contribution in [0.25, 0.3) is 0 Å². The van der Waals surface area contributed by atoms with Crippen LogP contribution in [0.1, 0.15) is 12.0 Å². The highest BCUT2D eigenvalue weighted by molar-refractivity contribution is 5.91. The number of hydrogen-bond donors (Lipinski definition) is 2. The van der Waals surface area contributed by atoms with Gasteiger partial charge in [0, 0.05) is 0 Å². The summed E-state index contributed by atoms with van der Waals surface area (Å²) in [4.78, 5) is 27.8. The molecule has 0 fully saturated rings. The number of hydrogen-bond acceptors (Lipinski definition) is 7. The maximum absolute atomic E-state index is 11.5. The van der Waals surface area contributed by atoms with E-state index in [0.717, 1.165) is 10.6 Å². The number of hydroxylamine groups is 2. The molecule has 1 rings (SSSR count). The van der Waals surface area contributed by atoms with Gasteiger partial charge in [0.2, 0.25) is 0 Å². The van der Waals surface area contributed by atoms with Gasteiger partial charge in [0.25, 0.3) is 0 Å². The molecule has 0 aliphatic heterocycles. The van der Waals surface area contributed by atoms with E-state index in [1.807, 2.05) is 18.2 Å². The molecule has 0 amide bonds. The van der Waals surface area contributed by atoms with Crippen molar-refractivity contribution in [3.8, 4) is 0 Å². The highest BCUT2D eigenvalue weighted by atomic mass is 16.7. The number of aliphatic hydroxyl groups is 2. The van der Waals surface area contributed by atoms with Gasteiger partial charge in [0.05, 0.1) is 26.3 Å². The van der Waals surface area contributed by atoms with Crippen LogP contribution in [-0.4, -0.2) is 53.5 Å². The van der Waals surface area contributed by atoms with Crippen LogP contribution in [-0.2, 0) is 25.8 Å². The lowest BCUT2D eigenvalue weighted by atomic mass is 10.2. The van der Waals surface area contributed by atoms with Crippen molar-refractivity contribution in [1.82, 2.24) is 5.06 Å². The SMILES string of the molecule is O=C(CC(=O)ON(CCO)CCO)OCc1ccccc1. The maximum Gasteiger partial charge on any atom is 0.336 e. The molecule has 0 aliphatic carbocycles. The van der Waals surface area contributed by atoms with E-state index in [1.165, 1.54) is 0 Å². The van der Waals surface area contributed by atoms with E-state index < -0.39 is 18.4 Å². The van der Waals surface area contributed by atoms with Crippen molar-refractivity contribution in [3.05, 3.63) is 35.9 Å². The predicted octanol–water partition coefficient (Wildman–Crippen LogP) is -0.135. The zero-order chi connectivity index (χ0) is 15.5. The first-order valence-electron chi connectivity index (χ1n) is 6.52. The van der Waals surface area contributed by atoms with E-state index in [4.69, 9.17) is 19.8 Å². The lowest BCUT2D eigenvalue weighted by molar-refractivity contribution is -0.195. The topological polar surface area (TPSA) is 96.3 Å². The van der Waals surface area contributed by atoms with E-state index in [9.17, 15) is 9.59 Å². The second kappa shape index (κ2) is 9.87. The fourth-order valence-electron chi connectivity index (χ4n) is 1.51. The summed E-state index contributed by atoms with van der Waals surface area (Å²) in [5.41, 5.74) is 0.821. The van der Waals surface area contributed by atoms with E-state index in [-0.39, 0.29) is 32.9 Å². The number of carbonyl (C=O) groups is 2. The van der Waals surface area contributed by atoms with E-state index in [1.54, 1.807) is 12.1 Å². The number of aliphatic hydroxyl groups excluding tert-OH is 2. The van der Waals surface area contributed by atoms with Crippen molar-refractivity contribution in [2.75, 3.05) is 26.3 Å². The normalized spacial score (nSPS) is 10.4. The van der Waals surface area contributed by atoms with Gasteiger partial charge in [-0.1, -0.05) is 30.3 Å². The van der Waals surface area contributed by atoms with Gasteiger partial charge in [-0.25, -0.2) is 4.79 Å². The second-order valence-corrected chi connectivity index (χ2v) is 4.16. The molecule has 1 aromatic rings. The fourth-order valence-corrected chi connectivity index (χ4v) is 1.51. The van der Waals surface area contributed by atoms with E-state index in [2.05, 4.69) is 0 Å². The molecule has 0 saturated heterocycles. The van der Waals surface area contributed by atoms with Crippen molar-refractivity contribution in [3.63, 3.8) is 0 Å². The van der Waals surface area contributed by atoms with Crippen molar-refractivity contribution in [1.29, 1.82) is 0 Å². The summed E-state index contributed by atoms with van der Waals surface area (Å²) in [5, 5.41) is 18.6. The van der Waals surface area contributed by atoms with Gasteiger partial charge < -0.3 is 19.8 Å². The van der Waals surface area contributed by atoms with E-state index >= 15 is 0 Å². The average molecular weight is 297 g/mol. The Morgan fingerprint density at radius 1 is 1.00 bits per heavy atom. The summed E-state index contributed by atoms with van der Waals surface area (Å²) in [7, 11) is 0. The Morgan fingerprint density at radius 2 is 1.62 bits per heavy atom. The molecular weight excluding hydrogens is 278 g/mol. The minimum absolute atomic E-state index is 0.0609. The minimum Gasteiger partial charge on any atom is -0.460 e.